The third-order valence-electron chi connectivity index (χ3n) is 5.05. The van der Waals surface area contributed by atoms with E-state index in [0.717, 1.165) is 0 Å². The van der Waals surface area contributed by atoms with Gasteiger partial charge >= 0.3 is 0 Å². The lowest BCUT2D eigenvalue weighted by molar-refractivity contribution is -0.137. The van der Waals surface area contributed by atoms with Crippen LogP contribution in [0.4, 0.5) is 4.39 Å². The second kappa shape index (κ2) is 9.21. The molecule has 0 aliphatic carbocycles. The Kier molecular flexibility index (Phi) is 6.41. The van der Waals surface area contributed by atoms with Crippen molar-refractivity contribution in [1.82, 2.24) is 20.2 Å². The molecule has 0 bridgehead atoms. The van der Waals surface area contributed by atoms with Crippen LogP contribution in [0, 0.1) is 5.82 Å². The fraction of sp³-hybridized carbons (Fsp3) is 0.286. The molecule has 3 heterocycles. The molecule has 1 aliphatic heterocycles. The van der Waals surface area contributed by atoms with E-state index in [9.17, 15) is 14.0 Å². The predicted octanol–water partition coefficient (Wildman–Crippen LogP) is 3.21. The quantitative estimate of drug-likeness (QED) is 0.606. The zero-order valence-corrected chi connectivity index (χ0v) is 17.8. The van der Waals surface area contributed by atoms with Crippen molar-refractivity contribution in [3.05, 3.63) is 63.6 Å². The first-order valence-corrected chi connectivity index (χ1v) is 10.4. The number of pyridine rings is 1. The van der Waals surface area contributed by atoms with E-state index in [1.54, 1.807) is 17.0 Å². The summed E-state index contributed by atoms with van der Waals surface area (Å²) in [5.74, 6) is -1.20. The summed E-state index contributed by atoms with van der Waals surface area (Å²) in [5.41, 5.74) is 1.31. The standard InChI is InChI=1S/C21H19Cl2FN4O3/c22-14-7-13-9-17(26-19(13)25-11-14)20(29)27-18(21(30)28-3-5-31-6-4-28)8-12-1-2-15(24)10-16(12)23/h1-2,7,9-11,18H,3-6,8H2,(H,25,26)(H,27,29). The summed E-state index contributed by atoms with van der Waals surface area (Å²) in [4.78, 5) is 34.8. The molecule has 2 aromatic heterocycles. The van der Waals surface area contributed by atoms with E-state index in [1.807, 2.05) is 0 Å². The summed E-state index contributed by atoms with van der Waals surface area (Å²) < 4.78 is 18.7. The van der Waals surface area contributed by atoms with Gasteiger partial charge in [-0.3, -0.25) is 9.59 Å². The van der Waals surface area contributed by atoms with Crippen molar-refractivity contribution in [3.63, 3.8) is 0 Å². The highest BCUT2D eigenvalue weighted by Crippen LogP contribution is 2.21. The lowest BCUT2D eigenvalue weighted by atomic mass is 10.0. The van der Waals surface area contributed by atoms with Gasteiger partial charge in [0.05, 0.1) is 18.2 Å². The van der Waals surface area contributed by atoms with Crippen LogP contribution in [0.5, 0.6) is 0 Å². The first kappa shape index (κ1) is 21.5. The van der Waals surface area contributed by atoms with E-state index >= 15 is 0 Å². The zero-order chi connectivity index (χ0) is 22.0. The molecule has 2 amide bonds. The summed E-state index contributed by atoms with van der Waals surface area (Å²) >= 11 is 12.1. The van der Waals surface area contributed by atoms with Gasteiger partial charge in [0.25, 0.3) is 5.91 Å². The zero-order valence-electron chi connectivity index (χ0n) is 16.3. The third-order valence-corrected chi connectivity index (χ3v) is 5.61. The number of aromatic amines is 1. The van der Waals surface area contributed by atoms with Crippen molar-refractivity contribution in [3.8, 4) is 0 Å². The fourth-order valence-electron chi connectivity index (χ4n) is 3.46. The number of aromatic nitrogens is 2. The van der Waals surface area contributed by atoms with E-state index in [0.29, 0.717) is 47.9 Å². The van der Waals surface area contributed by atoms with Crippen LogP contribution in [0.2, 0.25) is 10.0 Å². The van der Waals surface area contributed by atoms with Crippen molar-refractivity contribution >= 4 is 46.0 Å². The maximum absolute atomic E-state index is 13.4. The van der Waals surface area contributed by atoms with Crippen molar-refractivity contribution in [2.75, 3.05) is 26.3 Å². The number of ether oxygens (including phenoxy) is 1. The number of carbonyl (C=O) groups is 2. The molecule has 1 atom stereocenters. The Labute approximate surface area is 187 Å². The monoisotopic (exact) mass is 464 g/mol. The molecule has 1 fully saturated rings. The molecular formula is C21H19Cl2FN4O3. The highest BCUT2D eigenvalue weighted by atomic mass is 35.5. The summed E-state index contributed by atoms with van der Waals surface area (Å²) in [6.45, 7) is 1.71. The molecule has 162 valence electrons. The number of H-pyrrole nitrogens is 1. The van der Waals surface area contributed by atoms with E-state index in [2.05, 4.69) is 15.3 Å². The van der Waals surface area contributed by atoms with E-state index in [-0.39, 0.29) is 23.0 Å². The van der Waals surface area contributed by atoms with E-state index in [4.69, 9.17) is 27.9 Å². The molecule has 1 unspecified atom stereocenters. The molecular weight excluding hydrogens is 446 g/mol. The van der Waals surface area contributed by atoms with Gasteiger partial charge in [-0.1, -0.05) is 29.3 Å². The van der Waals surface area contributed by atoms with Crippen molar-refractivity contribution < 1.29 is 18.7 Å². The van der Waals surface area contributed by atoms with Crippen LogP contribution in [0.3, 0.4) is 0 Å². The first-order valence-electron chi connectivity index (χ1n) is 9.66. The number of hydrogen-bond donors (Lipinski definition) is 2. The highest BCUT2D eigenvalue weighted by molar-refractivity contribution is 6.31. The summed E-state index contributed by atoms with van der Waals surface area (Å²) in [6, 6.07) is 6.38. The molecule has 0 saturated carbocycles. The van der Waals surface area contributed by atoms with Gasteiger partial charge in [-0.2, -0.15) is 0 Å². The minimum absolute atomic E-state index is 0.116. The van der Waals surface area contributed by atoms with Crippen LogP contribution in [-0.4, -0.2) is 59.0 Å². The second-order valence-corrected chi connectivity index (χ2v) is 8.02. The van der Waals surface area contributed by atoms with E-state index in [1.165, 1.54) is 24.4 Å². The Balaban J connectivity index is 1.58. The minimum atomic E-state index is -0.892. The maximum Gasteiger partial charge on any atom is 0.268 e. The molecule has 3 aromatic rings. The number of halogens is 3. The smallest absolute Gasteiger partial charge is 0.268 e. The summed E-state index contributed by atoms with van der Waals surface area (Å²) in [5, 5.41) is 4.10. The van der Waals surface area contributed by atoms with Crippen LogP contribution in [-0.2, 0) is 16.0 Å². The average Bonchev–Trinajstić information content (AvgIpc) is 3.18. The van der Waals surface area contributed by atoms with Crippen LogP contribution in [0.15, 0.2) is 36.5 Å². The molecule has 0 spiro atoms. The number of nitrogens with one attached hydrogen (secondary N) is 2. The Morgan fingerprint density at radius 1 is 1.23 bits per heavy atom. The number of carbonyl (C=O) groups excluding carboxylic acids is 2. The van der Waals surface area contributed by atoms with Crippen LogP contribution in [0.1, 0.15) is 16.1 Å². The molecule has 1 saturated heterocycles. The molecule has 0 radical (unpaired) electrons. The number of benzene rings is 1. The Morgan fingerprint density at radius 3 is 2.74 bits per heavy atom. The minimum Gasteiger partial charge on any atom is -0.378 e. The molecule has 1 aliphatic rings. The number of nitrogens with zero attached hydrogens (tertiary/aromatic N) is 2. The normalized spacial score (nSPS) is 15.1. The Bertz CT molecular complexity index is 1130. The molecule has 2 N–H and O–H groups in total. The SMILES string of the molecule is O=C(NC(Cc1ccc(F)cc1Cl)C(=O)N1CCOCC1)c1cc2cc(Cl)cnc2[nH]1. The van der Waals surface area contributed by atoms with Gasteiger partial charge in [0.2, 0.25) is 5.91 Å². The van der Waals surface area contributed by atoms with Crippen molar-refractivity contribution in [2.24, 2.45) is 0 Å². The largest absolute Gasteiger partial charge is 0.378 e. The third kappa shape index (κ3) is 4.98. The topological polar surface area (TPSA) is 87.3 Å². The number of hydrogen-bond acceptors (Lipinski definition) is 4. The number of amides is 2. The van der Waals surface area contributed by atoms with Gasteiger partial charge in [0.15, 0.2) is 0 Å². The number of rotatable bonds is 5. The van der Waals surface area contributed by atoms with Gasteiger partial charge in [-0.25, -0.2) is 9.37 Å². The van der Waals surface area contributed by atoms with Gasteiger partial charge in [-0.15, -0.1) is 0 Å². The molecule has 7 nitrogen and oxygen atoms in total. The molecule has 31 heavy (non-hydrogen) atoms. The van der Waals surface area contributed by atoms with Crippen molar-refractivity contribution in [1.29, 1.82) is 0 Å². The molecule has 4 rings (SSSR count). The average molecular weight is 465 g/mol. The summed E-state index contributed by atoms with van der Waals surface area (Å²) in [7, 11) is 0. The second-order valence-electron chi connectivity index (χ2n) is 7.18. The molecule has 1 aromatic carbocycles. The van der Waals surface area contributed by atoms with E-state index < -0.39 is 17.8 Å². The van der Waals surface area contributed by atoms with Gasteiger partial charge in [0, 0.05) is 36.1 Å². The van der Waals surface area contributed by atoms with Gasteiger partial charge in [0.1, 0.15) is 23.2 Å². The molecule has 10 heteroatoms. The Morgan fingerprint density at radius 2 is 2.00 bits per heavy atom. The van der Waals surface area contributed by atoms with Crippen LogP contribution in [0.25, 0.3) is 11.0 Å². The van der Waals surface area contributed by atoms with Gasteiger partial charge in [-0.05, 0) is 29.8 Å². The lowest BCUT2D eigenvalue weighted by Gasteiger charge is -2.31. The van der Waals surface area contributed by atoms with Gasteiger partial charge < -0.3 is 19.9 Å². The van der Waals surface area contributed by atoms with Crippen molar-refractivity contribution in [2.45, 2.75) is 12.5 Å². The van der Waals surface area contributed by atoms with Crippen LogP contribution < -0.4 is 5.32 Å². The fourth-order valence-corrected chi connectivity index (χ4v) is 3.87. The number of morpholine rings is 1. The predicted molar refractivity (Wildman–Crippen MR) is 115 cm³/mol. The lowest BCUT2D eigenvalue weighted by Crippen LogP contribution is -2.52. The number of fused-ring (bicyclic) bond motifs is 1. The Hall–Kier alpha value is -2.68. The first-order chi connectivity index (χ1) is 14.9. The maximum atomic E-state index is 13.4. The summed E-state index contributed by atoms with van der Waals surface area (Å²) in [6.07, 6.45) is 1.59. The highest BCUT2D eigenvalue weighted by Gasteiger charge is 2.29. The van der Waals surface area contributed by atoms with Crippen LogP contribution >= 0.6 is 23.2 Å².